The van der Waals surface area contributed by atoms with E-state index >= 15 is 0 Å². The Morgan fingerprint density at radius 2 is 1.89 bits per heavy atom. The second-order valence-electron chi connectivity index (χ2n) is 6.86. The summed E-state index contributed by atoms with van der Waals surface area (Å²) in [5, 5.41) is 3.50. The number of amides is 1. The highest BCUT2D eigenvalue weighted by molar-refractivity contribution is 7.20. The number of carbonyl (C=O) groups excluding carboxylic acids is 1. The molecule has 2 heterocycles. The van der Waals surface area contributed by atoms with Gasteiger partial charge in [-0.3, -0.25) is 4.79 Å². The smallest absolute Gasteiger partial charge is 0.261 e. The van der Waals surface area contributed by atoms with Gasteiger partial charge in [-0.05, 0) is 36.9 Å². The van der Waals surface area contributed by atoms with Gasteiger partial charge in [0.2, 0.25) is 0 Å². The van der Waals surface area contributed by atoms with Gasteiger partial charge in [0, 0.05) is 48.5 Å². The maximum atomic E-state index is 13.9. The van der Waals surface area contributed by atoms with Crippen LogP contribution in [0.4, 0.5) is 10.1 Å². The summed E-state index contributed by atoms with van der Waals surface area (Å²) in [5.41, 5.74) is 2.27. The molecule has 0 radical (unpaired) electrons. The molecule has 1 fully saturated rings. The number of hydrogen-bond acceptors (Lipinski definition) is 4. The molecule has 27 heavy (non-hydrogen) atoms. The van der Waals surface area contributed by atoms with Crippen molar-refractivity contribution < 1.29 is 9.18 Å². The lowest BCUT2D eigenvalue weighted by Crippen LogP contribution is -2.45. The predicted octanol–water partition coefficient (Wildman–Crippen LogP) is 3.72. The summed E-state index contributed by atoms with van der Waals surface area (Å²) < 4.78 is 14.7. The molecule has 0 atom stereocenters. The topological polar surface area (TPSA) is 35.6 Å². The minimum Gasteiger partial charge on any atom is -0.369 e. The second-order valence-corrected chi connectivity index (χ2v) is 7.95. The average molecular weight is 383 g/mol. The molecular weight excluding hydrogens is 361 g/mol. The van der Waals surface area contributed by atoms with Crippen molar-refractivity contribution in [3.63, 3.8) is 0 Å². The van der Waals surface area contributed by atoms with Gasteiger partial charge in [-0.15, -0.1) is 11.3 Å². The molecule has 1 aromatic heterocycles. The van der Waals surface area contributed by atoms with E-state index in [0.29, 0.717) is 16.8 Å². The third-order valence-corrected chi connectivity index (χ3v) is 6.11. The van der Waals surface area contributed by atoms with Crippen LogP contribution in [0.2, 0.25) is 0 Å². The Kier molecular flexibility index (Phi) is 5.09. The molecule has 0 spiro atoms. The standard InChI is InChI=1S/C21H22FN3OS/c1-24-9-11-25(12-10-24)18-7-3-2-5-15(18)14-23-21(26)20-13-16-17(22)6-4-8-19(16)27-20/h2-8,13H,9-12,14H2,1H3,(H,23,26). The number of carbonyl (C=O) groups is 1. The molecule has 3 aromatic rings. The van der Waals surface area contributed by atoms with Crippen LogP contribution < -0.4 is 10.2 Å². The van der Waals surface area contributed by atoms with Gasteiger partial charge in [-0.25, -0.2) is 4.39 Å². The third kappa shape index (κ3) is 3.82. The number of rotatable bonds is 4. The molecule has 2 aromatic carbocycles. The van der Waals surface area contributed by atoms with Crippen LogP contribution in [0.1, 0.15) is 15.2 Å². The normalized spacial score (nSPS) is 15.3. The lowest BCUT2D eigenvalue weighted by molar-refractivity contribution is 0.0955. The second kappa shape index (κ2) is 7.66. The number of anilines is 1. The van der Waals surface area contributed by atoms with Crippen LogP contribution in [0, 0.1) is 5.82 Å². The summed E-state index contributed by atoms with van der Waals surface area (Å²) in [4.78, 5) is 17.8. The molecule has 1 saturated heterocycles. The zero-order valence-corrected chi connectivity index (χ0v) is 16.1. The zero-order chi connectivity index (χ0) is 18.8. The highest BCUT2D eigenvalue weighted by Gasteiger charge is 2.18. The van der Waals surface area contributed by atoms with E-state index in [1.807, 2.05) is 18.2 Å². The van der Waals surface area contributed by atoms with Crippen LogP contribution in [-0.2, 0) is 6.54 Å². The molecule has 4 nitrogen and oxygen atoms in total. The number of hydrogen-bond donors (Lipinski definition) is 1. The highest BCUT2D eigenvalue weighted by atomic mass is 32.1. The fourth-order valence-corrected chi connectivity index (χ4v) is 4.41. The van der Waals surface area contributed by atoms with Crippen molar-refractivity contribution in [1.29, 1.82) is 0 Å². The molecule has 6 heteroatoms. The van der Waals surface area contributed by atoms with Crippen LogP contribution in [0.25, 0.3) is 10.1 Å². The lowest BCUT2D eigenvalue weighted by Gasteiger charge is -2.35. The first-order chi connectivity index (χ1) is 13.1. The first-order valence-electron chi connectivity index (χ1n) is 9.09. The number of nitrogens with zero attached hydrogens (tertiary/aromatic N) is 2. The van der Waals surface area contributed by atoms with Crippen LogP contribution >= 0.6 is 11.3 Å². The monoisotopic (exact) mass is 383 g/mol. The summed E-state index contributed by atoms with van der Waals surface area (Å²) in [7, 11) is 2.14. The average Bonchev–Trinajstić information content (AvgIpc) is 3.13. The SMILES string of the molecule is CN1CCN(c2ccccc2CNC(=O)c2cc3c(F)cccc3s2)CC1. The third-order valence-electron chi connectivity index (χ3n) is 5.01. The Morgan fingerprint density at radius 1 is 1.11 bits per heavy atom. The van der Waals surface area contributed by atoms with E-state index in [9.17, 15) is 9.18 Å². The van der Waals surface area contributed by atoms with Gasteiger partial charge in [0.05, 0.1) is 4.88 Å². The number of likely N-dealkylation sites (N-methyl/N-ethyl adjacent to an activating group) is 1. The molecule has 1 amide bonds. The van der Waals surface area contributed by atoms with Crippen molar-refractivity contribution in [3.05, 3.63) is 64.8 Å². The van der Waals surface area contributed by atoms with Crippen molar-refractivity contribution in [2.45, 2.75) is 6.54 Å². The number of piperazine rings is 1. The zero-order valence-electron chi connectivity index (χ0n) is 15.2. The van der Waals surface area contributed by atoms with E-state index in [4.69, 9.17) is 0 Å². The highest BCUT2D eigenvalue weighted by Crippen LogP contribution is 2.28. The van der Waals surface area contributed by atoms with E-state index in [0.717, 1.165) is 36.4 Å². The number of halogens is 1. The quantitative estimate of drug-likeness (QED) is 0.746. The summed E-state index contributed by atoms with van der Waals surface area (Å²) in [6.07, 6.45) is 0. The predicted molar refractivity (Wildman–Crippen MR) is 109 cm³/mol. The van der Waals surface area contributed by atoms with Gasteiger partial charge in [-0.1, -0.05) is 24.3 Å². The van der Waals surface area contributed by atoms with Crippen molar-refractivity contribution in [2.24, 2.45) is 0 Å². The van der Waals surface area contributed by atoms with Gasteiger partial charge in [0.15, 0.2) is 0 Å². The molecule has 1 aliphatic rings. The number of para-hydroxylation sites is 1. The Balaban J connectivity index is 1.48. The molecule has 1 N–H and O–H groups in total. The fourth-order valence-electron chi connectivity index (χ4n) is 3.42. The minimum atomic E-state index is -0.289. The van der Waals surface area contributed by atoms with Crippen molar-refractivity contribution in [3.8, 4) is 0 Å². The summed E-state index contributed by atoms with van der Waals surface area (Å²) in [6.45, 7) is 4.49. The largest absolute Gasteiger partial charge is 0.369 e. The van der Waals surface area contributed by atoms with Crippen molar-refractivity contribution >= 4 is 33.0 Å². The molecular formula is C21H22FN3OS. The number of fused-ring (bicyclic) bond motifs is 1. The van der Waals surface area contributed by atoms with Gasteiger partial charge in [0.1, 0.15) is 5.82 Å². The fraction of sp³-hybridized carbons (Fsp3) is 0.286. The molecule has 0 saturated carbocycles. The van der Waals surface area contributed by atoms with Gasteiger partial charge in [0.25, 0.3) is 5.91 Å². The van der Waals surface area contributed by atoms with Crippen LogP contribution in [0.5, 0.6) is 0 Å². The van der Waals surface area contributed by atoms with Gasteiger partial charge < -0.3 is 15.1 Å². The van der Waals surface area contributed by atoms with Crippen molar-refractivity contribution in [2.75, 3.05) is 38.1 Å². The van der Waals surface area contributed by atoms with E-state index in [2.05, 4.69) is 34.3 Å². The van der Waals surface area contributed by atoms with E-state index < -0.39 is 0 Å². The first kappa shape index (κ1) is 17.9. The summed E-state index contributed by atoms with van der Waals surface area (Å²) >= 11 is 1.32. The van der Waals surface area contributed by atoms with Crippen molar-refractivity contribution in [1.82, 2.24) is 10.2 Å². The number of nitrogens with one attached hydrogen (secondary N) is 1. The Morgan fingerprint density at radius 3 is 2.67 bits per heavy atom. The molecule has 140 valence electrons. The first-order valence-corrected chi connectivity index (χ1v) is 9.91. The maximum Gasteiger partial charge on any atom is 0.261 e. The van der Waals surface area contributed by atoms with Crippen LogP contribution in [-0.4, -0.2) is 44.0 Å². The van der Waals surface area contributed by atoms with Crippen LogP contribution in [0.15, 0.2) is 48.5 Å². The molecule has 0 unspecified atom stereocenters. The van der Waals surface area contributed by atoms with Gasteiger partial charge >= 0.3 is 0 Å². The van der Waals surface area contributed by atoms with E-state index in [-0.39, 0.29) is 11.7 Å². The Bertz CT molecular complexity index is 963. The number of benzene rings is 2. The molecule has 4 rings (SSSR count). The Labute approximate surface area is 162 Å². The lowest BCUT2D eigenvalue weighted by atomic mass is 10.1. The van der Waals surface area contributed by atoms with Gasteiger partial charge in [-0.2, -0.15) is 0 Å². The van der Waals surface area contributed by atoms with E-state index in [1.54, 1.807) is 12.1 Å². The summed E-state index contributed by atoms with van der Waals surface area (Å²) in [6, 6.07) is 14.8. The minimum absolute atomic E-state index is 0.163. The maximum absolute atomic E-state index is 13.9. The van der Waals surface area contributed by atoms with E-state index in [1.165, 1.54) is 23.1 Å². The molecule has 1 aliphatic heterocycles. The number of thiophene rings is 1. The summed E-state index contributed by atoms with van der Waals surface area (Å²) in [5.74, 6) is -0.452. The molecule has 0 aliphatic carbocycles. The molecule has 0 bridgehead atoms. The van der Waals surface area contributed by atoms with Crippen LogP contribution in [0.3, 0.4) is 0 Å². The Hall–Kier alpha value is -2.44.